The molecule has 0 saturated carbocycles. The van der Waals surface area contributed by atoms with Gasteiger partial charge in [-0.15, -0.1) is 23.1 Å². The van der Waals surface area contributed by atoms with Crippen LogP contribution in [-0.2, 0) is 4.79 Å². The number of anilines is 2. The number of thioether (sulfide) groups is 1. The number of carbonyl (C=O) groups is 2. The molecule has 0 aliphatic carbocycles. The minimum Gasteiger partial charge on any atom is -0.325 e. The summed E-state index contributed by atoms with van der Waals surface area (Å²) in [6, 6.07) is 15.2. The van der Waals surface area contributed by atoms with Gasteiger partial charge in [0.15, 0.2) is 0 Å². The van der Waals surface area contributed by atoms with Crippen LogP contribution in [0.5, 0.6) is 0 Å². The molecule has 0 radical (unpaired) electrons. The lowest BCUT2D eigenvalue weighted by Gasteiger charge is -2.14. The number of amides is 2. The van der Waals surface area contributed by atoms with E-state index in [9.17, 15) is 19.7 Å². The lowest BCUT2D eigenvalue weighted by molar-refractivity contribution is -0.384. The average Bonchev–Trinajstić information content (AvgIpc) is 3.25. The molecule has 154 valence electrons. The molecule has 1 heterocycles. The summed E-state index contributed by atoms with van der Waals surface area (Å²) in [6.07, 6.45) is 0. The Balaban J connectivity index is 1.57. The van der Waals surface area contributed by atoms with Crippen LogP contribution < -0.4 is 10.6 Å². The van der Waals surface area contributed by atoms with E-state index < -0.39 is 4.92 Å². The van der Waals surface area contributed by atoms with Crippen LogP contribution >= 0.6 is 23.1 Å². The number of benzene rings is 2. The standard InChI is InChI=1S/C21H19N3O4S2/c1-13-12-16(24(27)28)7-10-18(13)23-20(25)14(2)30-17-8-5-15(6-9-17)22-21(26)19-4-3-11-29-19/h3-12,14H,1-2H3,(H,22,26)(H,23,25). The third kappa shape index (κ3) is 5.46. The van der Waals surface area contributed by atoms with Gasteiger partial charge in [0.2, 0.25) is 5.91 Å². The second-order valence-electron chi connectivity index (χ2n) is 6.46. The van der Waals surface area contributed by atoms with Crippen molar-refractivity contribution in [3.05, 3.63) is 80.5 Å². The fourth-order valence-electron chi connectivity index (χ4n) is 2.61. The molecule has 9 heteroatoms. The first-order valence-corrected chi connectivity index (χ1v) is 10.8. The summed E-state index contributed by atoms with van der Waals surface area (Å²) in [7, 11) is 0. The zero-order valence-corrected chi connectivity index (χ0v) is 17.9. The van der Waals surface area contributed by atoms with E-state index in [4.69, 9.17) is 0 Å². The number of hydrogen-bond acceptors (Lipinski definition) is 6. The van der Waals surface area contributed by atoms with Crippen LogP contribution in [0.2, 0.25) is 0 Å². The Morgan fingerprint density at radius 3 is 2.43 bits per heavy atom. The van der Waals surface area contributed by atoms with Crippen molar-refractivity contribution in [3.8, 4) is 0 Å². The molecule has 0 spiro atoms. The average molecular weight is 442 g/mol. The Kier molecular flexibility index (Phi) is 6.86. The van der Waals surface area contributed by atoms with Gasteiger partial charge < -0.3 is 10.6 Å². The van der Waals surface area contributed by atoms with Crippen LogP contribution in [0.1, 0.15) is 22.2 Å². The van der Waals surface area contributed by atoms with Gasteiger partial charge in [0, 0.05) is 28.4 Å². The molecule has 0 fully saturated rings. The number of carbonyl (C=O) groups excluding carboxylic acids is 2. The minimum absolute atomic E-state index is 0.0146. The Bertz CT molecular complexity index is 1070. The molecule has 3 rings (SSSR count). The first kappa shape index (κ1) is 21.5. The van der Waals surface area contributed by atoms with Crippen LogP contribution in [0.15, 0.2) is 64.9 Å². The maximum atomic E-state index is 12.5. The lowest BCUT2D eigenvalue weighted by Crippen LogP contribution is -2.22. The minimum atomic E-state index is -0.469. The monoisotopic (exact) mass is 441 g/mol. The summed E-state index contributed by atoms with van der Waals surface area (Å²) in [4.78, 5) is 36.5. The molecule has 0 aliphatic rings. The van der Waals surface area contributed by atoms with E-state index in [2.05, 4.69) is 10.6 Å². The normalized spacial score (nSPS) is 11.5. The molecular formula is C21H19N3O4S2. The number of nitrogens with zero attached hydrogens (tertiary/aromatic N) is 1. The quantitative estimate of drug-likeness (QED) is 0.293. The molecule has 2 N–H and O–H groups in total. The molecule has 3 aromatic rings. The molecule has 1 atom stereocenters. The highest BCUT2D eigenvalue weighted by Crippen LogP contribution is 2.27. The fraction of sp³-hybridized carbons (Fsp3) is 0.143. The summed E-state index contributed by atoms with van der Waals surface area (Å²) < 4.78 is 0. The van der Waals surface area contributed by atoms with Gasteiger partial charge in [-0.25, -0.2) is 0 Å². The SMILES string of the molecule is Cc1cc([N+](=O)[O-])ccc1NC(=O)C(C)Sc1ccc(NC(=O)c2cccs2)cc1. The van der Waals surface area contributed by atoms with Crippen LogP contribution in [-0.4, -0.2) is 22.0 Å². The highest BCUT2D eigenvalue weighted by atomic mass is 32.2. The molecule has 0 aliphatic heterocycles. The summed E-state index contributed by atoms with van der Waals surface area (Å²) in [5.74, 6) is -0.358. The maximum Gasteiger partial charge on any atom is 0.269 e. The summed E-state index contributed by atoms with van der Waals surface area (Å²) >= 11 is 2.75. The predicted molar refractivity (Wildman–Crippen MR) is 120 cm³/mol. The lowest BCUT2D eigenvalue weighted by atomic mass is 10.2. The smallest absolute Gasteiger partial charge is 0.269 e. The largest absolute Gasteiger partial charge is 0.325 e. The number of hydrogen-bond donors (Lipinski definition) is 2. The highest BCUT2D eigenvalue weighted by Gasteiger charge is 2.17. The van der Waals surface area contributed by atoms with E-state index in [1.54, 1.807) is 32.0 Å². The van der Waals surface area contributed by atoms with E-state index in [0.717, 1.165) is 4.90 Å². The molecule has 2 amide bonds. The number of rotatable bonds is 7. The van der Waals surface area contributed by atoms with Gasteiger partial charge in [-0.05, 0) is 61.2 Å². The molecule has 0 bridgehead atoms. The third-order valence-electron chi connectivity index (χ3n) is 4.22. The van der Waals surface area contributed by atoms with E-state index in [1.165, 1.54) is 41.3 Å². The Morgan fingerprint density at radius 2 is 1.83 bits per heavy atom. The molecule has 1 unspecified atom stereocenters. The molecule has 30 heavy (non-hydrogen) atoms. The Hall–Kier alpha value is -3.17. The Labute approximate surface area is 181 Å². The van der Waals surface area contributed by atoms with E-state index in [1.807, 2.05) is 23.6 Å². The Morgan fingerprint density at radius 1 is 1.10 bits per heavy atom. The highest BCUT2D eigenvalue weighted by molar-refractivity contribution is 8.00. The van der Waals surface area contributed by atoms with Crippen molar-refractivity contribution in [2.24, 2.45) is 0 Å². The first-order chi connectivity index (χ1) is 14.3. The molecule has 2 aromatic carbocycles. The number of aryl methyl sites for hydroxylation is 1. The van der Waals surface area contributed by atoms with Crippen LogP contribution in [0.4, 0.5) is 17.1 Å². The van der Waals surface area contributed by atoms with Crippen LogP contribution in [0, 0.1) is 17.0 Å². The van der Waals surface area contributed by atoms with E-state index >= 15 is 0 Å². The first-order valence-electron chi connectivity index (χ1n) is 9.01. The molecular weight excluding hydrogens is 422 g/mol. The van der Waals surface area contributed by atoms with Gasteiger partial charge in [-0.2, -0.15) is 0 Å². The van der Waals surface area contributed by atoms with Gasteiger partial charge >= 0.3 is 0 Å². The van der Waals surface area contributed by atoms with Crippen molar-refractivity contribution in [2.45, 2.75) is 24.0 Å². The third-order valence-corrected chi connectivity index (χ3v) is 6.20. The van der Waals surface area contributed by atoms with Gasteiger partial charge in [-0.1, -0.05) is 6.07 Å². The van der Waals surface area contributed by atoms with Crippen molar-refractivity contribution in [1.82, 2.24) is 0 Å². The van der Waals surface area contributed by atoms with Gasteiger partial charge in [0.05, 0.1) is 15.1 Å². The van der Waals surface area contributed by atoms with Crippen molar-refractivity contribution in [1.29, 1.82) is 0 Å². The van der Waals surface area contributed by atoms with Crippen molar-refractivity contribution in [2.75, 3.05) is 10.6 Å². The number of non-ortho nitro benzene ring substituents is 1. The number of nitro groups is 1. The predicted octanol–water partition coefficient (Wildman–Crippen LogP) is 5.34. The molecule has 0 saturated heterocycles. The summed E-state index contributed by atoms with van der Waals surface area (Å²) in [5, 5.41) is 17.9. The zero-order chi connectivity index (χ0) is 21.7. The second-order valence-corrected chi connectivity index (χ2v) is 8.82. The number of nitro benzene ring substituents is 1. The molecule has 1 aromatic heterocycles. The van der Waals surface area contributed by atoms with Crippen LogP contribution in [0.25, 0.3) is 0 Å². The van der Waals surface area contributed by atoms with Gasteiger partial charge in [0.25, 0.3) is 11.6 Å². The topological polar surface area (TPSA) is 101 Å². The van der Waals surface area contributed by atoms with Crippen LogP contribution in [0.3, 0.4) is 0 Å². The van der Waals surface area contributed by atoms with Gasteiger partial charge in [-0.3, -0.25) is 19.7 Å². The van der Waals surface area contributed by atoms with E-state index in [-0.39, 0.29) is 22.8 Å². The molecule has 7 nitrogen and oxygen atoms in total. The second kappa shape index (κ2) is 9.55. The number of thiophene rings is 1. The van der Waals surface area contributed by atoms with Crippen molar-refractivity contribution >= 4 is 52.0 Å². The maximum absolute atomic E-state index is 12.5. The zero-order valence-electron chi connectivity index (χ0n) is 16.2. The fourth-order valence-corrected chi connectivity index (χ4v) is 4.10. The number of nitrogens with one attached hydrogen (secondary N) is 2. The van der Waals surface area contributed by atoms with Gasteiger partial charge in [0.1, 0.15) is 0 Å². The summed E-state index contributed by atoms with van der Waals surface area (Å²) in [6.45, 7) is 3.50. The van der Waals surface area contributed by atoms with Crippen molar-refractivity contribution in [3.63, 3.8) is 0 Å². The van der Waals surface area contributed by atoms with E-state index in [0.29, 0.717) is 21.8 Å². The summed E-state index contributed by atoms with van der Waals surface area (Å²) in [5.41, 5.74) is 1.83. The van der Waals surface area contributed by atoms with Crippen molar-refractivity contribution < 1.29 is 14.5 Å².